The van der Waals surface area contributed by atoms with Crippen LogP contribution < -0.4 is 10.5 Å². The molecule has 2 heterocycles. The van der Waals surface area contributed by atoms with Crippen molar-refractivity contribution in [2.45, 2.75) is 45.3 Å². The van der Waals surface area contributed by atoms with Gasteiger partial charge in [-0.1, -0.05) is 13.3 Å². The fourth-order valence-corrected chi connectivity index (χ4v) is 3.33. The van der Waals surface area contributed by atoms with E-state index in [0.29, 0.717) is 6.42 Å². The number of hydrogen-bond donors (Lipinski definition) is 2. The molecule has 1 amide bonds. The van der Waals surface area contributed by atoms with Gasteiger partial charge in [-0.25, -0.2) is 4.98 Å². The summed E-state index contributed by atoms with van der Waals surface area (Å²) in [4.78, 5) is 15.0. The number of amides is 1. The number of carbonyl (C=O) groups is 1. The molecule has 3 rings (SSSR count). The van der Waals surface area contributed by atoms with Crippen molar-refractivity contribution >= 4 is 16.8 Å². The highest BCUT2D eigenvalue weighted by atomic mass is 16.5. The number of rotatable bonds is 10. The molecule has 1 atom stereocenters. The van der Waals surface area contributed by atoms with Crippen LogP contribution in [-0.2, 0) is 13.5 Å². The lowest BCUT2D eigenvalue weighted by Gasteiger charge is -2.11. The number of nitrogens with zero attached hydrogens (tertiary/aromatic N) is 3. The fraction of sp³-hybridized carbons (Fsp3) is 0.429. The van der Waals surface area contributed by atoms with Crippen molar-refractivity contribution in [1.29, 1.82) is 0 Å². The SMILES string of the molecule is CCCCOc1ccc2c(c1)c(CCC[C@@H](O)n1cnc(C(N)=O)c1)cn2C. The van der Waals surface area contributed by atoms with Gasteiger partial charge in [0.05, 0.1) is 12.9 Å². The average Bonchev–Trinajstić information content (AvgIpc) is 3.28. The molecule has 0 saturated heterocycles. The monoisotopic (exact) mass is 384 g/mol. The van der Waals surface area contributed by atoms with Crippen molar-refractivity contribution in [2.75, 3.05) is 6.61 Å². The van der Waals surface area contributed by atoms with Crippen LogP contribution in [0.15, 0.2) is 36.9 Å². The van der Waals surface area contributed by atoms with Crippen LogP contribution in [0.2, 0.25) is 0 Å². The topological polar surface area (TPSA) is 95.3 Å². The lowest BCUT2D eigenvalue weighted by atomic mass is 10.1. The van der Waals surface area contributed by atoms with Crippen molar-refractivity contribution in [3.8, 4) is 5.75 Å². The Bertz CT molecular complexity index is 944. The number of unbranched alkanes of at least 4 members (excludes halogenated alkanes) is 1. The predicted molar refractivity (Wildman–Crippen MR) is 108 cm³/mol. The molecular formula is C21H28N4O3. The first-order chi connectivity index (χ1) is 13.5. The van der Waals surface area contributed by atoms with Gasteiger partial charge in [0.2, 0.25) is 0 Å². The van der Waals surface area contributed by atoms with Gasteiger partial charge in [0.25, 0.3) is 5.91 Å². The number of fused-ring (bicyclic) bond motifs is 1. The Morgan fingerprint density at radius 1 is 1.32 bits per heavy atom. The minimum absolute atomic E-state index is 0.156. The number of nitrogens with two attached hydrogens (primary N) is 1. The van der Waals surface area contributed by atoms with Crippen LogP contribution in [-0.4, -0.2) is 31.7 Å². The van der Waals surface area contributed by atoms with E-state index < -0.39 is 12.1 Å². The van der Waals surface area contributed by atoms with E-state index in [4.69, 9.17) is 10.5 Å². The molecule has 0 saturated carbocycles. The Hall–Kier alpha value is -2.80. The first-order valence-electron chi connectivity index (χ1n) is 9.71. The van der Waals surface area contributed by atoms with Gasteiger partial charge in [0, 0.05) is 30.3 Å². The highest BCUT2D eigenvalue weighted by Gasteiger charge is 2.12. The summed E-state index contributed by atoms with van der Waals surface area (Å²) in [7, 11) is 2.04. The van der Waals surface area contributed by atoms with Crippen molar-refractivity contribution in [3.63, 3.8) is 0 Å². The molecule has 7 heteroatoms. The van der Waals surface area contributed by atoms with Crippen molar-refractivity contribution in [2.24, 2.45) is 12.8 Å². The zero-order chi connectivity index (χ0) is 20.1. The molecule has 0 bridgehead atoms. The summed E-state index contributed by atoms with van der Waals surface area (Å²) in [6.45, 7) is 2.88. The molecule has 0 aliphatic carbocycles. The van der Waals surface area contributed by atoms with Crippen molar-refractivity contribution in [3.05, 3.63) is 48.2 Å². The van der Waals surface area contributed by atoms with Crippen LogP contribution in [0.5, 0.6) is 5.75 Å². The summed E-state index contributed by atoms with van der Waals surface area (Å²) in [6, 6.07) is 6.21. The molecule has 0 aliphatic rings. The second-order valence-electron chi connectivity index (χ2n) is 7.09. The normalized spacial score (nSPS) is 12.4. The molecule has 7 nitrogen and oxygen atoms in total. The van der Waals surface area contributed by atoms with Gasteiger partial charge in [-0.15, -0.1) is 0 Å². The van der Waals surface area contributed by atoms with Crippen molar-refractivity contribution in [1.82, 2.24) is 14.1 Å². The summed E-state index contributed by atoms with van der Waals surface area (Å²) in [6.07, 6.45) is 8.65. The number of ether oxygens (including phenoxy) is 1. The smallest absolute Gasteiger partial charge is 0.268 e. The Morgan fingerprint density at radius 2 is 2.14 bits per heavy atom. The van der Waals surface area contributed by atoms with Crippen molar-refractivity contribution < 1.29 is 14.6 Å². The second kappa shape index (κ2) is 8.93. The van der Waals surface area contributed by atoms with E-state index in [2.05, 4.69) is 34.8 Å². The van der Waals surface area contributed by atoms with Gasteiger partial charge in [-0.3, -0.25) is 4.79 Å². The van der Waals surface area contributed by atoms with Gasteiger partial charge in [0.1, 0.15) is 17.7 Å². The number of hydrogen-bond acceptors (Lipinski definition) is 4. The fourth-order valence-electron chi connectivity index (χ4n) is 3.33. The minimum Gasteiger partial charge on any atom is -0.494 e. The third-order valence-corrected chi connectivity index (χ3v) is 4.92. The third-order valence-electron chi connectivity index (χ3n) is 4.92. The zero-order valence-electron chi connectivity index (χ0n) is 16.5. The molecule has 3 N–H and O–H groups in total. The molecule has 2 aromatic heterocycles. The number of aryl methyl sites for hydroxylation is 2. The molecule has 0 fully saturated rings. The number of carbonyl (C=O) groups excluding carboxylic acids is 1. The summed E-state index contributed by atoms with van der Waals surface area (Å²) in [5.41, 5.74) is 7.75. The highest BCUT2D eigenvalue weighted by Crippen LogP contribution is 2.27. The number of aliphatic hydroxyl groups excluding tert-OH is 1. The van der Waals surface area contributed by atoms with Gasteiger partial charge >= 0.3 is 0 Å². The van der Waals surface area contributed by atoms with E-state index in [9.17, 15) is 9.90 Å². The standard InChI is InChI=1S/C21H28N4O3/c1-3-4-10-28-16-8-9-19-17(11-16)15(12-24(19)2)6-5-7-20(26)25-13-18(21(22)27)23-14-25/h8-9,11-14,20,26H,3-7,10H2,1-2H3,(H2,22,27)/t20-/m1/s1. The second-order valence-corrected chi connectivity index (χ2v) is 7.09. The van der Waals surface area contributed by atoms with E-state index in [0.717, 1.165) is 38.0 Å². The third kappa shape index (κ3) is 4.54. The largest absolute Gasteiger partial charge is 0.494 e. The molecule has 150 valence electrons. The van der Waals surface area contributed by atoms with Gasteiger partial charge in [-0.2, -0.15) is 0 Å². The predicted octanol–water partition coefficient (Wildman–Crippen LogP) is 3.17. The molecule has 0 radical (unpaired) electrons. The number of primary amides is 1. The van der Waals surface area contributed by atoms with E-state index in [-0.39, 0.29) is 5.69 Å². The van der Waals surface area contributed by atoms with E-state index >= 15 is 0 Å². The minimum atomic E-state index is -0.733. The first-order valence-corrected chi connectivity index (χ1v) is 9.71. The van der Waals surface area contributed by atoms with Crippen LogP contribution in [0, 0.1) is 0 Å². The molecule has 0 aliphatic heterocycles. The van der Waals surface area contributed by atoms with Gasteiger partial charge in [0.15, 0.2) is 0 Å². The van der Waals surface area contributed by atoms with Crippen LogP contribution in [0.25, 0.3) is 10.9 Å². The molecule has 1 aromatic carbocycles. The Kier molecular flexibility index (Phi) is 6.36. The lowest BCUT2D eigenvalue weighted by Crippen LogP contribution is -2.11. The maximum Gasteiger partial charge on any atom is 0.268 e. The summed E-state index contributed by atoms with van der Waals surface area (Å²) in [5, 5.41) is 11.5. The Morgan fingerprint density at radius 3 is 2.86 bits per heavy atom. The molecular weight excluding hydrogens is 356 g/mol. The molecule has 28 heavy (non-hydrogen) atoms. The van der Waals surface area contributed by atoms with E-state index in [1.54, 1.807) is 0 Å². The maximum absolute atomic E-state index is 11.1. The Labute approximate surface area is 164 Å². The summed E-state index contributed by atoms with van der Waals surface area (Å²) >= 11 is 0. The van der Waals surface area contributed by atoms with Gasteiger partial charge in [-0.05, 0) is 49.4 Å². The number of aromatic nitrogens is 3. The lowest BCUT2D eigenvalue weighted by molar-refractivity contribution is 0.0918. The summed E-state index contributed by atoms with van der Waals surface area (Å²) in [5.74, 6) is 0.296. The number of benzene rings is 1. The maximum atomic E-state index is 11.1. The Balaban J connectivity index is 1.64. The van der Waals surface area contributed by atoms with Crippen LogP contribution >= 0.6 is 0 Å². The quantitative estimate of drug-likeness (QED) is 0.525. The summed E-state index contributed by atoms with van der Waals surface area (Å²) < 4.78 is 9.48. The number of aliphatic hydroxyl groups is 1. The average molecular weight is 384 g/mol. The highest BCUT2D eigenvalue weighted by molar-refractivity contribution is 5.90. The van der Waals surface area contributed by atoms with E-state index in [1.165, 1.54) is 33.6 Å². The number of imidazole rings is 1. The van der Waals surface area contributed by atoms with Gasteiger partial charge < -0.3 is 24.7 Å². The molecule has 3 aromatic rings. The zero-order valence-corrected chi connectivity index (χ0v) is 16.5. The molecule has 0 unspecified atom stereocenters. The first kappa shape index (κ1) is 19.9. The van der Waals surface area contributed by atoms with E-state index in [1.807, 2.05) is 13.1 Å². The van der Waals surface area contributed by atoms with Crippen LogP contribution in [0.3, 0.4) is 0 Å². The van der Waals surface area contributed by atoms with Crippen LogP contribution in [0.4, 0.5) is 0 Å². The molecule has 0 spiro atoms. The van der Waals surface area contributed by atoms with Crippen LogP contribution in [0.1, 0.15) is 54.9 Å².